The van der Waals surface area contributed by atoms with Crippen LogP contribution in [0.5, 0.6) is 0 Å². The molecule has 1 aromatic carbocycles. The molecule has 1 atom stereocenters. The van der Waals surface area contributed by atoms with Gasteiger partial charge >= 0.3 is 0 Å². The van der Waals surface area contributed by atoms with Crippen molar-refractivity contribution in [3.05, 3.63) is 47.5 Å². The van der Waals surface area contributed by atoms with E-state index in [-0.39, 0.29) is 30.2 Å². The molecule has 5 nitrogen and oxygen atoms in total. The molecule has 1 amide bonds. The Morgan fingerprint density at radius 3 is 2.78 bits per heavy atom. The fraction of sp³-hybridized carbons (Fsp3) is 0.375. The zero-order chi connectivity index (χ0) is 15.5. The highest BCUT2D eigenvalue weighted by atomic mass is 35.5. The van der Waals surface area contributed by atoms with Crippen LogP contribution >= 0.6 is 12.4 Å². The van der Waals surface area contributed by atoms with E-state index in [4.69, 9.17) is 0 Å². The maximum atomic E-state index is 13.0. The third-order valence-electron chi connectivity index (χ3n) is 3.96. The zero-order valence-electron chi connectivity index (χ0n) is 12.9. The summed E-state index contributed by atoms with van der Waals surface area (Å²) in [7, 11) is 0. The molecule has 0 spiro atoms. The SMILES string of the molecule is Cc1c(C(=O)N[C@H]2CCCNC2)cnn1-c1ccc(F)cc1.Cl. The Balaban J connectivity index is 0.00000192. The van der Waals surface area contributed by atoms with Crippen LogP contribution in [0.15, 0.2) is 30.5 Å². The molecule has 1 saturated heterocycles. The lowest BCUT2D eigenvalue weighted by Crippen LogP contribution is -2.45. The van der Waals surface area contributed by atoms with Gasteiger partial charge in [-0.15, -0.1) is 12.4 Å². The van der Waals surface area contributed by atoms with Gasteiger partial charge in [0.25, 0.3) is 5.91 Å². The van der Waals surface area contributed by atoms with Gasteiger partial charge in [0.1, 0.15) is 5.82 Å². The Labute approximate surface area is 140 Å². The summed E-state index contributed by atoms with van der Waals surface area (Å²) in [5.74, 6) is -0.407. The van der Waals surface area contributed by atoms with Gasteiger partial charge in [-0.2, -0.15) is 5.10 Å². The van der Waals surface area contributed by atoms with Crippen molar-refractivity contribution in [2.75, 3.05) is 13.1 Å². The van der Waals surface area contributed by atoms with Crippen LogP contribution in [0.1, 0.15) is 28.9 Å². The van der Waals surface area contributed by atoms with Gasteiger partial charge in [-0.05, 0) is 50.6 Å². The van der Waals surface area contributed by atoms with Gasteiger partial charge in [-0.3, -0.25) is 4.79 Å². The van der Waals surface area contributed by atoms with E-state index in [1.807, 2.05) is 6.92 Å². The third-order valence-corrected chi connectivity index (χ3v) is 3.96. The maximum Gasteiger partial charge on any atom is 0.255 e. The number of aromatic nitrogens is 2. The van der Waals surface area contributed by atoms with Gasteiger partial charge in [0.2, 0.25) is 0 Å². The number of nitrogens with zero attached hydrogens (tertiary/aromatic N) is 2. The lowest BCUT2D eigenvalue weighted by molar-refractivity contribution is 0.0930. The van der Waals surface area contributed by atoms with Gasteiger partial charge in [0.15, 0.2) is 0 Å². The van der Waals surface area contributed by atoms with Crippen molar-refractivity contribution >= 4 is 18.3 Å². The Bertz CT molecular complexity index is 665. The minimum absolute atomic E-state index is 0. The van der Waals surface area contributed by atoms with Crippen LogP contribution in [0.2, 0.25) is 0 Å². The number of amides is 1. The summed E-state index contributed by atoms with van der Waals surface area (Å²) in [6.45, 7) is 3.65. The van der Waals surface area contributed by atoms with Crippen LogP contribution < -0.4 is 10.6 Å². The van der Waals surface area contributed by atoms with E-state index in [2.05, 4.69) is 15.7 Å². The van der Waals surface area contributed by atoms with E-state index in [9.17, 15) is 9.18 Å². The Kier molecular flexibility index (Phi) is 5.74. The first-order valence-corrected chi connectivity index (χ1v) is 7.47. The van der Waals surface area contributed by atoms with Crippen molar-refractivity contribution in [2.45, 2.75) is 25.8 Å². The van der Waals surface area contributed by atoms with E-state index >= 15 is 0 Å². The number of benzene rings is 1. The molecule has 0 aliphatic carbocycles. The summed E-state index contributed by atoms with van der Waals surface area (Å²) in [6, 6.07) is 6.20. The van der Waals surface area contributed by atoms with Crippen molar-refractivity contribution in [3.63, 3.8) is 0 Å². The highest BCUT2D eigenvalue weighted by Crippen LogP contribution is 2.15. The molecule has 0 unspecified atom stereocenters. The Morgan fingerprint density at radius 1 is 1.39 bits per heavy atom. The standard InChI is InChI=1S/C16H19FN4O.ClH/c1-11-15(16(22)20-13-3-2-8-18-9-13)10-19-21(11)14-6-4-12(17)5-7-14;/h4-7,10,13,18H,2-3,8-9H2,1H3,(H,20,22);1H/t13-;/m0./s1. The molecule has 0 saturated carbocycles. The molecule has 124 valence electrons. The van der Waals surface area contributed by atoms with Crippen LogP contribution in [-0.2, 0) is 0 Å². The van der Waals surface area contributed by atoms with E-state index in [0.29, 0.717) is 5.56 Å². The molecule has 1 fully saturated rings. The monoisotopic (exact) mass is 338 g/mol. The molecule has 1 aromatic heterocycles. The number of hydrogen-bond acceptors (Lipinski definition) is 3. The number of carbonyl (C=O) groups is 1. The van der Waals surface area contributed by atoms with E-state index < -0.39 is 0 Å². The van der Waals surface area contributed by atoms with Crippen molar-refractivity contribution in [1.29, 1.82) is 0 Å². The van der Waals surface area contributed by atoms with Crippen molar-refractivity contribution in [2.24, 2.45) is 0 Å². The molecule has 7 heteroatoms. The summed E-state index contributed by atoms with van der Waals surface area (Å²) >= 11 is 0. The minimum Gasteiger partial charge on any atom is -0.348 e. The average Bonchev–Trinajstić information content (AvgIpc) is 2.91. The second kappa shape index (κ2) is 7.57. The number of hydrogen-bond donors (Lipinski definition) is 2. The quantitative estimate of drug-likeness (QED) is 0.902. The van der Waals surface area contributed by atoms with Crippen LogP contribution in [0, 0.1) is 12.7 Å². The van der Waals surface area contributed by atoms with E-state index in [0.717, 1.165) is 37.3 Å². The summed E-state index contributed by atoms with van der Waals surface area (Å²) in [4.78, 5) is 12.4. The summed E-state index contributed by atoms with van der Waals surface area (Å²) < 4.78 is 14.6. The van der Waals surface area contributed by atoms with E-state index in [1.54, 1.807) is 23.0 Å². The molecule has 1 aliphatic heterocycles. The molecule has 0 bridgehead atoms. The van der Waals surface area contributed by atoms with Gasteiger partial charge in [-0.25, -0.2) is 9.07 Å². The zero-order valence-corrected chi connectivity index (χ0v) is 13.7. The topological polar surface area (TPSA) is 59.0 Å². The molecule has 2 heterocycles. The highest BCUT2D eigenvalue weighted by Gasteiger charge is 2.20. The molecular weight excluding hydrogens is 319 g/mol. The van der Waals surface area contributed by atoms with Gasteiger partial charge in [0.05, 0.1) is 23.1 Å². The van der Waals surface area contributed by atoms with Crippen LogP contribution in [0.4, 0.5) is 4.39 Å². The molecule has 0 radical (unpaired) electrons. The molecule has 1 aliphatic rings. The van der Waals surface area contributed by atoms with Gasteiger partial charge in [-0.1, -0.05) is 0 Å². The van der Waals surface area contributed by atoms with E-state index in [1.165, 1.54) is 12.1 Å². The molecule has 2 aromatic rings. The largest absolute Gasteiger partial charge is 0.348 e. The predicted molar refractivity (Wildman–Crippen MR) is 88.9 cm³/mol. The maximum absolute atomic E-state index is 13.0. The molecule has 3 rings (SSSR count). The summed E-state index contributed by atoms with van der Waals surface area (Å²) in [5, 5.41) is 10.6. The lowest BCUT2D eigenvalue weighted by Gasteiger charge is -2.23. The van der Waals surface area contributed by atoms with Crippen molar-refractivity contribution in [1.82, 2.24) is 20.4 Å². The molecular formula is C16H20ClFN4O. The van der Waals surface area contributed by atoms with Crippen LogP contribution in [0.25, 0.3) is 5.69 Å². The average molecular weight is 339 g/mol. The van der Waals surface area contributed by atoms with Crippen LogP contribution in [0.3, 0.4) is 0 Å². The lowest BCUT2D eigenvalue weighted by atomic mass is 10.1. The predicted octanol–water partition coefficient (Wildman–Crippen LogP) is 2.22. The fourth-order valence-corrected chi connectivity index (χ4v) is 2.71. The Morgan fingerprint density at radius 2 is 2.13 bits per heavy atom. The second-order valence-corrected chi connectivity index (χ2v) is 5.55. The van der Waals surface area contributed by atoms with Crippen molar-refractivity contribution < 1.29 is 9.18 Å². The number of nitrogens with one attached hydrogen (secondary N) is 2. The fourth-order valence-electron chi connectivity index (χ4n) is 2.71. The number of carbonyl (C=O) groups excluding carboxylic acids is 1. The Hall–Kier alpha value is -1.92. The number of piperidine rings is 1. The number of halogens is 2. The van der Waals surface area contributed by atoms with Crippen LogP contribution in [-0.4, -0.2) is 34.8 Å². The molecule has 2 N–H and O–H groups in total. The first-order valence-electron chi connectivity index (χ1n) is 7.47. The molecule has 23 heavy (non-hydrogen) atoms. The third kappa shape index (κ3) is 3.89. The van der Waals surface area contributed by atoms with Gasteiger partial charge in [0, 0.05) is 12.6 Å². The van der Waals surface area contributed by atoms with Crippen molar-refractivity contribution in [3.8, 4) is 5.69 Å². The smallest absolute Gasteiger partial charge is 0.255 e. The first kappa shape index (κ1) is 17.4. The summed E-state index contributed by atoms with van der Waals surface area (Å²) in [6.07, 6.45) is 3.62. The summed E-state index contributed by atoms with van der Waals surface area (Å²) in [5.41, 5.74) is 2.03. The first-order chi connectivity index (χ1) is 10.6. The number of rotatable bonds is 3. The van der Waals surface area contributed by atoms with Gasteiger partial charge < -0.3 is 10.6 Å². The minimum atomic E-state index is -0.295. The normalized spacial score (nSPS) is 17.4. The second-order valence-electron chi connectivity index (χ2n) is 5.55. The highest BCUT2D eigenvalue weighted by molar-refractivity contribution is 5.95.